The fraction of sp³-hybridized carbons (Fsp3) is 1.00. The molecule has 2 fully saturated rings. The molecule has 0 spiro atoms. The second-order valence-corrected chi connectivity index (χ2v) is 3.04. The van der Waals surface area contributed by atoms with Crippen LogP contribution in [0.2, 0.25) is 0 Å². The summed E-state index contributed by atoms with van der Waals surface area (Å²) >= 11 is 0. The van der Waals surface area contributed by atoms with Crippen molar-refractivity contribution in [3.63, 3.8) is 0 Å². The lowest BCUT2D eigenvalue weighted by atomic mass is 10.2. The quantitative estimate of drug-likeness (QED) is 0.600. The van der Waals surface area contributed by atoms with Crippen molar-refractivity contribution < 1.29 is 9.13 Å². The van der Waals surface area contributed by atoms with Gasteiger partial charge in [0, 0.05) is 19.0 Å². The summed E-state index contributed by atoms with van der Waals surface area (Å²) in [5, 5.41) is 3.25. The van der Waals surface area contributed by atoms with Gasteiger partial charge in [0.1, 0.15) is 6.17 Å². The van der Waals surface area contributed by atoms with Gasteiger partial charge >= 0.3 is 0 Å². The Hall–Kier alpha value is 0.140. The maximum Gasteiger partial charge on any atom is 0.104 e. The molecule has 11 heavy (non-hydrogen) atoms. The van der Waals surface area contributed by atoms with E-state index in [1.165, 1.54) is 0 Å². The van der Waals surface area contributed by atoms with Crippen molar-refractivity contribution >= 4 is 12.4 Å². The Morgan fingerprint density at radius 2 is 2.18 bits per heavy atom. The summed E-state index contributed by atoms with van der Waals surface area (Å²) in [6.07, 6.45) is 0.756. The SMILES string of the molecule is Cl.FC1C[C@H]2NCCO[C@@H]2C1. The van der Waals surface area contributed by atoms with Crippen molar-refractivity contribution in [1.29, 1.82) is 0 Å². The van der Waals surface area contributed by atoms with Gasteiger partial charge < -0.3 is 10.1 Å². The smallest absolute Gasteiger partial charge is 0.104 e. The van der Waals surface area contributed by atoms with Gasteiger partial charge in [-0.05, 0) is 6.42 Å². The van der Waals surface area contributed by atoms with Gasteiger partial charge in [0.15, 0.2) is 0 Å². The van der Waals surface area contributed by atoms with Crippen molar-refractivity contribution in [2.24, 2.45) is 0 Å². The zero-order valence-electron chi connectivity index (χ0n) is 6.25. The fourth-order valence-electron chi connectivity index (χ4n) is 1.79. The van der Waals surface area contributed by atoms with E-state index in [1.54, 1.807) is 0 Å². The monoisotopic (exact) mass is 181 g/mol. The number of morpholine rings is 1. The molecule has 1 N–H and O–H groups in total. The highest BCUT2D eigenvalue weighted by Gasteiger charge is 2.36. The zero-order valence-corrected chi connectivity index (χ0v) is 7.07. The molecule has 1 aliphatic heterocycles. The Bertz CT molecular complexity index is 122. The second-order valence-electron chi connectivity index (χ2n) is 3.04. The fourth-order valence-corrected chi connectivity index (χ4v) is 1.79. The molecule has 0 radical (unpaired) electrons. The summed E-state index contributed by atoms with van der Waals surface area (Å²) in [5.41, 5.74) is 0. The largest absolute Gasteiger partial charge is 0.375 e. The first-order valence-corrected chi connectivity index (χ1v) is 3.85. The number of nitrogens with one attached hydrogen (secondary N) is 1. The van der Waals surface area contributed by atoms with E-state index < -0.39 is 6.17 Å². The lowest BCUT2D eigenvalue weighted by molar-refractivity contribution is 0.00973. The van der Waals surface area contributed by atoms with Crippen LogP contribution >= 0.6 is 12.4 Å². The lowest BCUT2D eigenvalue weighted by Crippen LogP contribution is -2.44. The summed E-state index contributed by atoms with van der Waals surface area (Å²) in [4.78, 5) is 0. The van der Waals surface area contributed by atoms with Crippen LogP contribution in [0.3, 0.4) is 0 Å². The van der Waals surface area contributed by atoms with Gasteiger partial charge in [-0.1, -0.05) is 0 Å². The molecule has 2 rings (SSSR count). The van der Waals surface area contributed by atoms with E-state index >= 15 is 0 Å². The number of fused-ring (bicyclic) bond motifs is 1. The normalized spacial score (nSPS) is 42.8. The molecule has 1 saturated heterocycles. The number of halogens is 2. The summed E-state index contributed by atoms with van der Waals surface area (Å²) < 4.78 is 18.1. The number of alkyl halides is 1. The van der Waals surface area contributed by atoms with Gasteiger partial charge in [-0.15, -0.1) is 12.4 Å². The predicted octanol–water partition coefficient (Wildman–Crippen LogP) is 0.897. The molecule has 1 heterocycles. The molecule has 0 aromatic carbocycles. The molecular formula is C7H13ClFNO. The Morgan fingerprint density at radius 3 is 2.91 bits per heavy atom. The average molecular weight is 182 g/mol. The van der Waals surface area contributed by atoms with E-state index in [9.17, 15) is 4.39 Å². The van der Waals surface area contributed by atoms with Crippen LogP contribution in [0.25, 0.3) is 0 Å². The van der Waals surface area contributed by atoms with Crippen LogP contribution in [0.4, 0.5) is 4.39 Å². The molecule has 1 saturated carbocycles. The molecular weight excluding hydrogens is 169 g/mol. The topological polar surface area (TPSA) is 21.3 Å². The minimum absolute atomic E-state index is 0. The summed E-state index contributed by atoms with van der Waals surface area (Å²) in [5.74, 6) is 0. The maximum absolute atomic E-state index is 12.7. The molecule has 0 aromatic heterocycles. The van der Waals surface area contributed by atoms with E-state index in [-0.39, 0.29) is 18.5 Å². The van der Waals surface area contributed by atoms with Gasteiger partial charge in [-0.25, -0.2) is 4.39 Å². The highest BCUT2D eigenvalue weighted by Crippen LogP contribution is 2.26. The zero-order chi connectivity index (χ0) is 6.97. The minimum atomic E-state index is -0.638. The molecule has 3 atom stereocenters. The highest BCUT2D eigenvalue weighted by molar-refractivity contribution is 5.85. The van der Waals surface area contributed by atoms with Crippen molar-refractivity contribution in [1.82, 2.24) is 5.32 Å². The van der Waals surface area contributed by atoms with Crippen molar-refractivity contribution in [3.8, 4) is 0 Å². The Kier molecular flexibility index (Phi) is 3.10. The molecule has 66 valence electrons. The molecule has 0 aromatic rings. The molecule has 2 nitrogen and oxygen atoms in total. The lowest BCUT2D eigenvalue weighted by Gasteiger charge is -2.26. The number of rotatable bonds is 0. The van der Waals surface area contributed by atoms with Crippen LogP contribution in [0, 0.1) is 0 Å². The van der Waals surface area contributed by atoms with Gasteiger partial charge in [-0.3, -0.25) is 0 Å². The predicted molar refractivity (Wildman–Crippen MR) is 42.9 cm³/mol. The molecule has 1 unspecified atom stereocenters. The van der Waals surface area contributed by atoms with Crippen LogP contribution < -0.4 is 5.32 Å². The molecule has 2 aliphatic rings. The van der Waals surface area contributed by atoms with E-state index in [0.29, 0.717) is 18.9 Å². The van der Waals surface area contributed by atoms with Crippen LogP contribution in [0.5, 0.6) is 0 Å². The Labute approximate surface area is 71.9 Å². The third kappa shape index (κ3) is 1.83. The van der Waals surface area contributed by atoms with Gasteiger partial charge in [0.05, 0.1) is 12.7 Å². The Balaban J connectivity index is 0.000000605. The van der Waals surface area contributed by atoms with Crippen molar-refractivity contribution in [3.05, 3.63) is 0 Å². The Morgan fingerprint density at radius 1 is 1.36 bits per heavy atom. The third-order valence-electron chi connectivity index (χ3n) is 2.29. The van der Waals surface area contributed by atoms with Gasteiger partial charge in [0.2, 0.25) is 0 Å². The number of hydrogen-bond donors (Lipinski definition) is 1. The standard InChI is InChI=1S/C7H12FNO.ClH/c8-5-3-6-7(4-5)10-2-1-9-6;/h5-7,9H,1-4H2;1H/t5?,6-,7-;/m1./s1. The molecule has 4 heteroatoms. The average Bonchev–Trinajstić information content (AvgIpc) is 2.27. The summed E-state index contributed by atoms with van der Waals surface area (Å²) in [6, 6.07) is 0.295. The van der Waals surface area contributed by atoms with Crippen molar-refractivity contribution in [2.45, 2.75) is 31.2 Å². The minimum Gasteiger partial charge on any atom is -0.375 e. The molecule has 0 amide bonds. The van der Waals surface area contributed by atoms with Gasteiger partial charge in [-0.2, -0.15) is 0 Å². The van der Waals surface area contributed by atoms with Crippen LogP contribution in [0.1, 0.15) is 12.8 Å². The van der Waals surface area contributed by atoms with E-state index in [2.05, 4.69) is 5.32 Å². The first-order valence-electron chi connectivity index (χ1n) is 3.85. The van der Waals surface area contributed by atoms with E-state index in [0.717, 1.165) is 13.2 Å². The molecule has 0 bridgehead atoms. The van der Waals surface area contributed by atoms with Crippen LogP contribution in [-0.4, -0.2) is 31.5 Å². The number of ether oxygens (including phenoxy) is 1. The molecule has 1 aliphatic carbocycles. The summed E-state index contributed by atoms with van der Waals surface area (Å²) in [7, 11) is 0. The third-order valence-corrected chi connectivity index (χ3v) is 2.29. The second kappa shape index (κ2) is 3.70. The summed E-state index contributed by atoms with van der Waals surface area (Å²) in [6.45, 7) is 1.63. The maximum atomic E-state index is 12.7. The van der Waals surface area contributed by atoms with Crippen molar-refractivity contribution in [2.75, 3.05) is 13.2 Å². The highest BCUT2D eigenvalue weighted by atomic mass is 35.5. The van der Waals surface area contributed by atoms with E-state index in [4.69, 9.17) is 4.74 Å². The first-order chi connectivity index (χ1) is 4.86. The number of hydrogen-bond acceptors (Lipinski definition) is 2. The first kappa shape index (κ1) is 9.23. The van der Waals surface area contributed by atoms with Crippen LogP contribution in [-0.2, 0) is 4.74 Å². The van der Waals surface area contributed by atoms with Crippen LogP contribution in [0.15, 0.2) is 0 Å². The van der Waals surface area contributed by atoms with E-state index in [1.807, 2.05) is 0 Å². The van der Waals surface area contributed by atoms with Gasteiger partial charge in [0.25, 0.3) is 0 Å².